The summed E-state index contributed by atoms with van der Waals surface area (Å²) in [6.07, 6.45) is -0.712. The van der Waals surface area contributed by atoms with Crippen LogP contribution in [0.15, 0.2) is 30.3 Å². The van der Waals surface area contributed by atoms with E-state index >= 15 is 0 Å². The lowest BCUT2D eigenvalue weighted by atomic mass is 10.2. The monoisotopic (exact) mass is 350 g/mol. The molecule has 25 heavy (non-hydrogen) atoms. The van der Waals surface area contributed by atoms with Crippen LogP contribution in [0.3, 0.4) is 0 Å². The van der Waals surface area contributed by atoms with Crippen LogP contribution in [0.1, 0.15) is 40.2 Å². The van der Waals surface area contributed by atoms with Crippen LogP contribution in [0.25, 0.3) is 0 Å². The van der Waals surface area contributed by atoms with Gasteiger partial charge in [-0.05, 0) is 40.2 Å². The minimum absolute atomic E-state index is 0.106. The first-order chi connectivity index (χ1) is 11.6. The summed E-state index contributed by atoms with van der Waals surface area (Å²) in [5.41, 5.74) is 0.203. The number of rotatable bonds is 6. The zero-order valence-corrected chi connectivity index (χ0v) is 15.3. The van der Waals surface area contributed by atoms with Crippen molar-refractivity contribution in [2.75, 3.05) is 0 Å². The van der Waals surface area contributed by atoms with Crippen molar-refractivity contribution in [3.8, 4) is 0 Å². The highest BCUT2D eigenvalue weighted by atomic mass is 16.6. The van der Waals surface area contributed by atoms with Gasteiger partial charge in [0.1, 0.15) is 24.3 Å². The molecule has 0 aliphatic carbocycles. The highest BCUT2D eigenvalue weighted by Gasteiger charge is 2.25. The van der Waals surface area contributed by atoms with Gasteiger partial charge >= 0.3 is 12.1 Å². The molecule has 0 saturated carbocycles. The third-order valence-corrected chi connectivity index (χ3v) is 3.06. The fourth-order valence-corrected chi connectivity index (χ4v) is 1.79. The minimum Gasteiger partial charge on any atom is -0.458 e. The Kier molecular flexibility index (Phi) is 7.42. The molecule has 1 aromatic carbocycles. The van der Waals surface area contributed by atoms with Gasteiger partial charge in [-0.15, -0.1) is 0 Å². The molecule has 0 fully saturated rings. The maximum atomic E-state index is 12.0. The average Bonchev–Trinajstić information content (AvgIpc) is 2.52. The summed E-state index contributed by atoms with van der Waals surface area (Å²) < 4.78 is 10.2. The fourth-order valence-electron chi connectivity index (χ4n) is 1.79. The maximum Gasteiger partial charge on any atom is 0.408 e. The van der Waals surface area contributed by atoms with Crippen LogP contribution in [-0.4, -0.2) is 35.7 Å². The van der Waals surface area contributed by atoms with Gasteiger partial charge in [-0.1, -0.05) is 30.3 Å². The molecule has 2 N–H and O–H groups in total. The fraction of sp³-hybridized carbons (Fsp3) is 0.500. The number of alkyl carbamates (subject to hydrolysis) is 1. The van der Waals surface area contributed by atoms with Gasteiger partial charge in [-0.25, -0.2) is 9.59 Å². The molecule has 0 aromatic heterocycles. The van der Waals surface area contributed by atoms with Crippen LogP contribution in [0.4, 0.5) is 4.79 Å². The van der Waals surface area contributed by atoms with Gasteiger partial charge in [0, 0.05) is 0 Å². The topological polar surface area (TPSA) is 93.7 Å². The number of esters is 1. The largest absolute Gasteiger partial charge is 0.458 e. The van der Waals surface area contributed by atoms with Crippen molar-refractivity contribution in [3.63, 3.8) is 0 Å². The third-order valence-electron chi connectivity index (χ3n) is 3.06. The Morgan fingerprint density at radius 2 is 1.60 bits per heavy atom. The van der Waals surface area contributed by atoms with E-state index in [0.717, 1.165) is 5.56 Å². The first kappa shape index (κ1) is 20.5. The Bertz CT molecular complexity index is 595. The molecule has 7 nitrogen and oxygen atoms in total. The molecule has 2 amide bonds. The Labute approximate surface area is 148 Å². The summed E-state index contributed by atoms with van der Waals surface area (Å²) in [6, 6.07) is 7.51. The van der Waals surface area contributed by atoms with E-state index in [1.54, 1.807) is 20.8 Å². The second-order valence-electron chi connectivity index (χ2n) is 6.69. The lowest BCUT2D eigenvalue weighted by Crippen LogP contribution is -2.50. The standard InChI is InChI=1S/C18H26N2O5/c1-12(15(21)19-13(2)16(22)25-18(3,4)5)20-17(23)24-11-14-9-7-6-8-10-14/h6-10,12-13H,11H2,1-5H3,(H,19,21)(H,20,23)/t12-,13+/m0/s1. The normalized spacial score (nSPS) is 13.3. The van der Waals surface area contributed by atoms with Crippen LogP contribution in [0.2, 0.25) is 0 Å². The van der Waals surface area contributed by atoms with Crippen molar-refractivity contribution < 1.29 is 23.9 Å². The highest BCUT2D eigenvalue weighted by molar-refractivity contribution is 5.89. The van der Waals surface area contributed by atoms with Crippen molar-refractivity contribution in [1.29, 1.82) is 0 Å². The SMILES string of the molecule is C[C@H](NC(=O)OCc1ccccc1)C(=O)N[C@H](C)C(=O)OC(C)(C)C. The van der Waals surface area contributed by atoms with Gasteiger partial charge in [-0.2, -0.15) is 0 Å². The van der Waals surface area contributed by atoms with Crippen LogP contribution < -0.4 is 10.6 Å². The van der Waals surface area contributed by atoms with E-state index < -0.39 is 35.7 Å². The predicted octanol–water partition coefficient (Wildman–Crippen LogP) is 2.15. The molecule has 0 spiro atoms. The third kappa shape index (κ3) is 8.19. The molecular weight excluding hydrogens is 324 g/mol. The number of hydrogen-bond donors (Lipinski definition) is 2. The van der Waals surface area contributed by atoms with Crippen LogP contribution in [-0.2, 0) is 25.7 Å². The average molecular weight is 350 g/mol. The number of ether oxygens (including phenoxy) is 2. The lowest BCUT2D eigenvalue weighted by Gasteiger charge is -2.23. The molecule has 0 radical (unpaired) electrons. The van der Waals surface area contributed by atoms with Gasteiger partial charge in [0.25, 0.3) is 0 Å². The van der Waals surface area contributed by atoms with E-state index in [9.17, 15) is 14.4 Å². The van der Waals surface area contributed by atoms with Crippen LogP contribution in [0, 0.1) is 0 Å². The van der Waals surface area contributed by atoms with E-state index in [-0.39, 0.29) is 6.61 Å². The summed E-state index contributed by atoms with van der Waals surface area (Å²) in [7, 11) is 0. The second-order valence-corrected chi connectivity index (χ2v) is 6.69. The molecular formula is C18H26N2O5. The van der Waals surface area contributed by atoms with E-state index in [2.05, 4.69) is 10.6 Å². The number of amides is 2. The minimum atomic E-state index is -0.854. The molecule has 0 saturated heterocycles. The molecule has 0 aliphatic heterocycles. The smallest absolute Gasteiger partial charge is 0.408 e. The van der Waals surface area contributed by atoms with E-state index in [4.69, 9.17) is 9.47 Å². The van der Waals surface area contributed by atoms with Crippen molar-refractivity contribution in [3.05, 3.63) is 35.9 Å². The summed E-state index contributed by atoms with van der Waals surface area (Å²) in [5.74, 6) is -1.05. The van der Waals surface area contributed by atoms with E-state index in [1.165, 1.54) is 13.8 Å². The van der Waals surface area contributed by atoms with E-state index in [1.807, 2.05) is 30.3 Å². The molecule has 0 bridgehead atoms. The number of hydrogen-bond acceptors (Lipinski definition) is 5. The van der Waals surface area contributed by atoms with Gasteiger partial charge < -0.3 is 20.1 Å². The number of carbonyl (C=O) groups is 3. The van der Waals surface area contributed by atoms with Crippen LogP contribution in [0.5, 0.6) is 0 Å². The van der Waals surface area contributed by atoms with Crippen molar-refractivity contribution >= 4 is 18.0 Å². The first-order valence-electron chi connectivity index (χ1n) is 8.09. The molecule has 0 heterocycles. The van der Waals surface area contributed by atoms with Gasteiger partial charge in [0.2, 0.25) is 5.91 Å². The quantitative estimate of drug-likeness (QED) is 0.767. The van der Waals surface area contributed by atoms with Gasteiger partial charge in [0.15, 0.2) is 0 Å². The molecule has 2 atom stereocenters. The summed E-state index contributed by atoms with van der Waals surface area (Å²) in [4.78, 5) is 35.6. The van der Waals surface area contributed by atoms with Crippen molar-refractivity contribution in [1.82, 2.24) is 10.6 Å². The van der Waals surface area contributed by atoms with Crippen LogP contribution >= 0.6 is 0 Å². The number of nitrogens with one attached hydrogen (secondary N) is 2. The second kappa shape index (κ2) is 9.05. The van der Waals surface area contributed by atoms with Gasteiger partial charge in [-0.3, -0.25) is 4.79 Å². The molecule has 0 unspecified atom stereocenters. The Balaban J connectivity index is 2.40. The zero-order valence-electron chi connectivity index (χ0n) is 15.3. The molecule has 138 valence electrons. The zero-order chi connectivity index (χ0) is 19.0. The molecule has 0 aliphatic rings. The molecule has 1 rings (SSSR count). The van der Waals surface area contributed by atoms with Gasteiger partial charge in [0.05, 0.1) is 0 Å². The highest BCUT2D eigenvalue weighted by Crippen LogP contribution is 2.08. The summed E-state index contributed by atoms with van der Waals surface area (Å²) in [6.45, 7) is 8.35. The first-order valence-corrected chi connectivity index (χ1v) is 8.09. The Hall–Kier alpha value is -2.57. The van der Waals surface area contributed by atoms with Crippen molar-refractivity contribution in [2.24, 2.45) is 0 Å². The Morgan fingerprint density at radius 1 is 1.00 bits per heavy atom. The molecule has 1 aromatic rings. The van der Waals surface area contributed by atoms with Crippen molar-refractivity contribution in [2.45, 2.75) is 58.9 Å². The summed E-state index contributed by atoms with van der Waals surface area (Å²) >= 11 is 0. The Morgan fingerprint density at radius 3 is 2.16 bits per heavy atom. The van der Waals surface area contributed by atoms with E-state index in [0.29, 0.717) is 0 Å². The number of carbonyl (C=O) groups excluding carboxylic acids is 3. The number of benzene rings is 1. The maximum absolute atomic E-state index is 12.0. The predicted molar refractivity (Wildman–Crippen MR) is 92.7 cm³/mol. The summed E-state index contributed by atoms with van der Waals surface area (Å²) in [5, 5.41) is 4.91. The lowest BCUT2D eigenvalue weighted by molar-refractivity contribution is -0.158. The molecule has 7 heteroatoms.